The van der Waals surface area contributed by atoms with E-state index in [0.717, 1.165) is 10.7 Å². The maximum Gasteiger partial charge on any atom is -0.0134 e. The van der Waals surface area contributed by atoms with Gasteiger partial charge in [-0.25, -0.2) is 24.9 Å². The fraction of sp³-hybridized carbons (Fsp3) is 0.206. The molecule has 4 heterocycles. The number of hydrogen-bond donors (Lipinski definition) is 0. The Labute approximate surface area is 522 Å². The second-order valence-corrected chi connectivity index (χ2v) is 41.0. The van der Waals surface area contributed by atoms with Crippen molar-refractivity contribution in [2.24, 2.45) is 0 Å². The molecule has 0 saturated heterocycles. The normalized spacial score (nSPS) is 10.4. The van der Waals surface area contributed by atoms with Crippen LogP contribution in [0.2, 0.25) is 29.0 Å². The average Bonchev–Trinajstić information content (AvgIpc) is 4.28. The predicted molar refractivity (Wildman–Crippen MR) is 356 cm³/mol. The molecule has 0 aliphatic heterocycles. The molecule has 0 radical (unpaired) electrons. The van der Waals surface area contributed by atoms with Crippen molar-refractivity contribution in [1.82, 2.24) is 29.9 Å². The van der Waals surface area contributed by atoms with Crippen molar-refractivity contribution in [2.45, 2.75) is 80.0 Å². The first-order valence-corrected chi connectivity index (χ1v) is 43.0. The number of benzene rings is 6. The van der Waals surface area contributed by atoms with E-state index in [1.54, 1.807) is 40.9 Å². The molecule has 80 heavy (non-hydrogen) atoms. The van der Waals surface area contributed by atoms with E-state index in [-0.39, 0.29) is 33.9 Å². The van der Waals surface area contributed by atoms with Gasteiger partial charge in [-0.1, -0.05) is 201 Å². The van der Waals surface area contributed by atoms with E-state index < -0.39 is 34.2 Å². The third-order valence-electron chi connectivity index (χ3n) is 11.9. The summed E-state index contributed by atoms with van der Waals surface area (Å²) in [5.41, 5.74) is 0.769. The number of rotatable bonds is 17. The Kier molecular flexibility index (Phi) is 35.8. The molecule has 0 unspecified atom stereocenters. The molecule has 422 valence electrons. The molecule has 0 aliphatic carbocycles. The van der Waals surface area contributed by atoms with Crippen molar-refractivity contribution in [3.63, 3.8) is 0 Å². The Hall–Kier alpha value is -3.49. The van der Waals surface area contributed by atoms with Crippen LogP contribution < -0.4 is 34.9 Å². The number of hydrogen-bond acceptors (Lipinski definition) is 8. The van der Waals surface area contributed by atoms with E-state index in [1.807, 2.05) is 22.9 Å². The average molecular weight is 1440 g/mol. The van der Waals surface area contributed by atoms with E-state index in [0.29, 0.717) is 5.15 Å². The summed E-state index contributed by atoms with van der Waals surface area (Å²) in [4.78, 5) is 23.9. The molecule has 10 rings (SSSR count). The van der Waals surface area contributed by atoms with E-state index in [4.69, 9.17) is 58.8 Å². The van der Waals surface area contributed by atoms with Gasteiger partial charge in [-0.15, -0.1) is 11.3 Å². The van der Waals surface area contributed by atoms with E-state index in [2.05, 4.69) is 233 Å². The van der Waals surface area contributed by atoms with Crippen LogP contribution in [-0.4, -0.2) is 48.3 Å². The third kappa shape index (κ3) is 24.8. The molecule has 0 saturated carbocycles. The SMILES string of the molecule is C.CCC[CH2][Sn]([CH2]CCC)([CH2]CCC)[c]1nccs1.Clc1ccnc(Cl)n1.Clc1nccc(-c2nccs2)n1.[Cl][Pd][Cl].c1ccc(P(c2ccccc2)c2ccccc2)cc1.c1ccc(P(c2ccccc2)c2ccccc2)cc1. The molecular weight excluding hydrogens is 1370 g/mol. The first-order valence-electron chi connectivity index (χ1n) is 25.9. The Balaban J connectivity index is 0.000000217. The molecule has 0 aliphatic rings. The van der Waals surface area contributed by atoms with Crippen molar-refractivity contribution in [3.05, 3.63) is 245 Å². The van der Waals surface area contributed by atoms with Crippen molar-refractivity contribution in [2.75, 3.05) is 0 Å². The fourth-order valence-electron chi connectivity index (χ4n) is 8.20. The van der Waals surface area contributed by atoms with Gasteiger partial charge in [0.05, 0.1) is 0 Å². The Bertz CT molecular complexity index is 2740. The van der Waals surface area contributed by atoms with Gasteiger partial charge >= 0.3 is 157 Å². The summed E-state index contributed by atoms with van der Waals surface area (Å²) in [6.45, 7) is 6.99. The van der Waals surface area contributed by atoms with Crippen molar-refractivity contribution in [1.29, 1.82) is 0 Å². The van der Waals surface area contributed by atoms with Crippen LogP contribution in [0.15, 0.2) is 230 Å². The van der Waals surface area contributed by atoms with Crippen LogP contribution in [0.3, 0.4) is 0 Å². The monoisotopic (exact) mass is 1440 g/mol. The zero-order valence-electron chi connectivity index (χ0n) is 44.4. The van der Waals surface area contributed by atoms with Crippen LogP contribution in [0.5, 0.6) is 0 Å². The molecule has 4 aromatic heterocycles. The fourth-order valence-corrected chi connectivity index (χ4v) is 33.1. The van der Waals surface area contributed by atoms with Crippen molar-refractivity contribution in [3.8, 4) is 10.7 Å². The second kappa shape index (κ2) is 41.5. The van der Waals surface area contributed by atoms with Gasteiger partial charge in [0.25, 0.3) is 0 Å². The van der Waals surface area contributed by atoms with Crippen LogP contribution in [0, 0.1) is 0 Å². The smallest absolute Gasteiger partial charge is 0.0134 e. The molecular formula is C63H69Cl5N6P2PdS2Sn. The molecule has 0 spiro atoms. The van der Waals surface area contributed by atoms with Crippen LogP contribution in [0.25, 0.3) is 10.7 Å². The van der Waals surface area contributed by atoms with Crippen LogP contribution in [0.1, 0.15) is 66.7 Å². The molecule has 6 nitrogen and oxygen atoms in total. The molecule has 0 fully saturated rings. The van der Waals surface area contributed by atoms with Gasteiger partial charge in [0, 0.05) is 24.0 Å². The van der Waals surface area contributed by atoms with E-state index >= 15 is 0 Å². The zero-order valence-corrected chi connectivity index (χ0v) is 56.0. The predicted octanol–water partition coefficient (Wildman–Crippen LogP) is 18.1. The molecule has 0 atom stereocenters. The number of unbranched alkanes of at least 4 members (excludes halogenated alkanes) is 3. The number of thiazole rings is 2. The van der Waals surface area contributed by atoms with Gasteiger partial charge in [-0.05, 0) is 83.0 Å². The minimum atomic E-state index is -2.12. The Morgan fingerprint density at radius 3 is 1.00 bits per heavy atom. The molecule has 0 N–H and O–H groups in total. The van der Waals surface area contributed by atoms with E-state index in [9.17, 15) is 0 Å². The quantitative estimate of drug-likeness (QED) is 0.0391. The Morgan fingerprint density at radius 2 is 0.738 bits per heavy atom. The summed E-state index contributed by atoms with van der Waals surface area (Å²) in [5.74, 6) is 0. The Morgan fingerprint density at radius 1 is 0.412 bits per heavy atom. The molecule has 17 heteroatoms. The number of aromatic nitrogens is 6. The zero-order chi connectivity index (χ0) is 56.2. The van der Waals surface area contributed by atoms with Crippen LogP contribution in [-0.2, 0) is 15.9 Å². The van der Waals surface area contributed by atoms with Gasteiger partial charge in [0.2, 0.25) is 10.6 Å². The van der Waals surface area contributed by atoms with Gasteiger partial charge < -0.3 is 0 Å². The second-order valence-electron chi connectivity index (χ2n) is 17.4. The first-order chi connectivity index (χ1) is 38.7. The third-order valence-corrected chi connectivity index (χ3v) is 36.8. The molecule has 0 bridgehead atoms. The largest absolute Gasteiger partial charge is 0.0622 e. The molecule has 10 aromatic rings. The summed E-state index contributed by atoms with van der Waals surface area (Å²) in [7, 11) is 8.74. The minimum absolute atomic E-state index is 0. The van der Waals surface area contributed by atoms with Gasteiger partial charge in [0.1, 0.15) is 15.9 Å². The van der Waals surface area contributed by atoms with E-state index in [1.165, 1.54) is 87.9 Å². The van der Waals surface area contributed by atoms with Gasteiger partial charge in [0.15, 0.2) is 0 Å². The summed E-state index contributed by atoms with van der Waals surface area (Å²) in [5, 5.41) is 14.1. The first kappa shape index (κ1) is 69.0. The summed E-state index contributed by atoms with van der Waals surface area (Å²) in [6.07, 6.45) is 15.2. The molecule has 6 aromatic carbocycles. The van der Waals surface area contributed by atoms with Crippen molar-refractivity contribution < 1.29 is 15.9 Å². The standard InChI is InChI=1S/2C18H15P.C7H4ClN3S.C4H2Cl2N2.3C4H9.C3H2NS.CH4.2ClH.Pd.Sn/c2*1-4-10-16(11-5-1)19(17-12-6-2-7-13-17)18-14-8-3-9-15-18;8-7-10-2-1-5(11-7)6-9-3-4-12-6;5-3-1-2-7-4(6)8-3;3*1-3-4-2;1-2-5-3-4-1;;;;;/h2*1-15H;1-4H;1-2H;3*1,3-4H2,2H3;1-2H;1H4;2*1H;;/q;;;;;;;;;;;+2;/p-2. The van der Waals surface area contributed by atoms with Gasteiger partial charge in [-0.3, -0.25) is 0 Å². The maximum absolute atomic E-state index is 5.62. The maximum atomic E-state index is 5.62. The van der Waals surface area contributed by atoms with Crippen LogP contribution in [0.4, 0.5) is 0 Å². The van der Waals surface area contributed by atoms with Crippen LogP contribution >= 0.6 is 92.4 Å². The van der Waals surface area contributed by atoms with Gasteiger partial charge in [-0.2, -0.15) is 0 Å². The van der Waals surface area contributed by atoms with Crippen molar-refractivity contribution >= 4 is 146 Å². The number of halogens is 5. The summed E-state index contributed by atoms with van der Waals surface area (Å²) >= 11 is 17.6. The summed E-state index contributed by atoms with van der Waals surface area (Å²) in [6, 6.07) is 68.0. The summed E-state index contributed by atoms with van der Waals surface area (Å²) < 4.78 is 6.23. The topological polar surface area (TPSA) is 77.3 Å². The molecule has 0 amide bonds. The number of nitrogens with zero attached hydrogens (tertiary/aromatic N) is 6. The minimum Gasteiger partial charge on any atom is -0.0622 e.